The van der Waals surface area contributed by atoms with Crippen LogP contribution in [0.25, 0.3) is 0 Å². The van der Waals surface area contributed by atoms with Crippen molar-refractivity contribution in [3.05, 3.63) is 0 Å². The molecule has 0 aromatic carbocycles. The van der Waals surface area contributed by atoms with Crippen molar-refractivity contribution in [1.29, 1.82) is 0 Å². The van der Waals surface area contributed by atoms with Crippen molar-refractivity contribution in [2.75, 3.05) is 26.7 Å². The van der Waals surface area contributed by atoms with Crippen molar-refractivity contribution in [3.8, 4) is 0 Å². The van der Waals surface area contributed by atoms with Gasteiger partial charge in [-0.2, -0.15) is 0 Å². The zero-order valence-corrected chi connectivity index (χ0v) is 15.2. The Kier molecular flexibility index (Phi) is 5.21. The molecule has 4 nitrogen and oxygen atoms in total. The average Bonchev–Trinajstić information content (AvgIpc) is 2.93. The van der Waals surface area contributed by atoms with Gasteiger partial charge in [-0.25, -0.2) is 0 Å². The lowest BCUT2D eigenvalue weighted by atomic mass is 9.55. The molecule has 3 fully saturated rings. The van der Waals surface area contributed by atoms with Gasteiger partial charge in [-0.15, -0.1) is 24.0 Å². The number of aliphatic imine (C=N–C) groups is 1. The SMILES string of the molecule is CN=C(NC1C2CCCOC2C1(C)C)N1CCCC1.I. The van der Waals surface area contributed by atoms with E-state index in [9.17, 15) is 0 Å². The van der Waals surface area contributed by atoms with Gasteiger partial charge >= 0.3 is 0 Å². The van der Waals surface area contributed by atoms with E-state index in [4.69, 9.17) is 4.74 Å². The second kappa shape index (κ2) is 6.38. The highest BCUT2D eigenvalue weighted by Gasteiger charge is 2.58. The highest BCUT2D eigenvalue weighted by Crippen LogP contribution is 2.51. The second-order valence-electron chi connectivity index (χ2n) is 6.78. The highest BCUT2D eigenvalue weighted by atomic mass is 127. The summed E-state index contributed by atoms with van der Waals surface area (Å²) in [6, 6.07) is 0.511. The van der Waals surface area contributed by atoms with Gasteiger partial charge in [0, 0.05) is 44.1 Å². The maximum atomic E-state index is 5.97. The third kappa shape index (κ3) is 2.67. The van der Waals surface area contributed by atoms with Crippen molar-refractivity contribution in [2.45, 2.75) is 51.7 Å². The second-order valence-corrected chi connectivity index (χ2v) is 6.78. The summed E-state index contributed by atoms with van der Waals surface area (Å²) >= 11 is 0. The molecule has 1 aliphatic carbocycles. The van der Waals surface area contributed by atoms with Gasteiger partial charge in [0.2, 0.25) is 0 Å². The molecule has 5 heteroatoms. The number of hydrogen-bond donors (Lipinski definition) is 1. The van der Waals surface area contributed by atoms with Gasteiger partial charge in [0.15, 0.2) is 5.96 Å². The van der Waals surface area contributed by atoms with Crippen molar-refractivity contribution >= 4 is 29.9 Å². The molecule has 3 aliphatic rings. The minimum Gasteiger partial charge on any atom is -0.377 e. The quantitative estimate of drug-likeness (QED) is 0.423. The molecule has 0 spiro atoms. The standard InChI is InChI=1S/C15H27N3O.HI/c1-15(2)12(11-7-6-10-19-13(11)15)17-14(16-3)18-8-4-5-9-18;/h11-13H,4-10H2,1-3H3,(H,16,17);1H. The van der Waals surface area contributed by atoms with Gasteiger partial charge < -0.3 is 15.0 Å². The Balaban J connectivity index is 0.00000147. The van der Waals surface area contributed by atoms with E-state index in [0.29, 0.717) is 18.1 Å². The van der Waals surface area contributed by atoms with E-state index in [2.05, 4.69) is 29.1 Å². The molecule has 2 heterocycles. The van der Waals surface area contributed by atoms with Crippen molar-refractivity contribution in [2.24, 2.45) is 16.3 Å². The lowest BCUT2D eigenvalue weighted by Gasteiger charge is -2.60. The van der Waals surface area contributed by atoms with Crippen LogP contribution >= 0.6 is 24.0 Å². The van der Waals surface area contributed by atoms with Gasteiger partial charge in [-0.1, -0.05) is 13.8 Å². The number of nitrogens with zero attached hydrogens (tertiary/aromatic N) is 2. The van der Waals surface area contributed by atoms with E-state index in [1.807, 2.05) is 7.05 Å². The third-order valence-corrected chi connectivity index (χ3v) is 5.23. The Labute approximate surface area is 139 Å². The zero-order valence-electron chi connectivity index (χ0n) is 12.9. The molecule has 2 saturated heterocycles. The van der Waals surface area contributed by atoms with E-state index >= 15 is 0 Å². The van der Waals surface area contributed by atoms with Crippen molar-refractivity contribution in [1.82, 2.24) is 10.2 Å². The number of hydrogen-bond acceptors (Lipinski definition) is 2. The molecule has 116 valence electrons. The summed E-state index contributed by atoms with van der Waals surface area (Å²) in [4.78, 5) is 6.88. The molecule has 0 aromatic heterocycles. The lowest BCUT2D eigenvalue weighted by Crippen LogP contribution is -2.71. The first-order valence-electron chi connectivity index (χ1n) is 7.74. The maximum absolute atomic E-state index is 5.97. The fourth-order valence-corrected chi connectivity index (χ4v) is 4.18. The van der Waals surface area contributed by atoms with E-state index in [0.717, 1.165) is 25.7 Å². The smallest absolute Gasteiger partial charge is 0.193 e. The van der Waals surface area contributed by atoms with Crippen LogP contribution < -0.4 is 5.32 Å². The minimum absolute atomic E-state index is 0. The molecule has 1 saturated carbocycles. The highest BCUT2D eigenvalue weighted by molar-refractivity contribution is 14.0. The van der Waals surface area contributed by atoms with E-state index in [-0.39, 0.29) is 29.4 Å². The summed E-state index contributed by atoms with van der Waals surface area (Å²) in [7, 11) is 1.90. The predicted molar refractivity (Wildman–Crippen MR) is 92.7 cm³/mol. The van der Waals surface area contributed by atoms with Crippen molar-refractivity contribution < 1.29 is 4.74 Å². The van der Waals surface area contributed by atoms with Crippen molar-refractivity contribution in [3.63, 3.8) is 0 Å². The lowest BCUT2D eigenvalue weighted by molar-refractivity contribution is -0.188. The number of guanidine groups is 1. The summed E-state index contributed by atoms with van der Waals surface area (Å²) < 4.78 is 5.97. The zero-order chi connectivity index (χ0) is 13.5. The predicted octanol–water partition coefficient (Wildman–Crippen LogP) is 2.48. The fourth-order valence-electron chi connectivity index (χ4n) is 4.18. The third-order valence-electron chi connectivity index (χ3n) is 5.23. The van der Waals surface area contributed by atoms with Gasteiger partial charge in [0.25, 0.3) is 0 Å². The van der Waals surface area contributed by atoms with Gasteiger partial charge in [0.1, 0.15) is 0 Å². The normalized spacial score (nSPS) is 35.9. The first kappa shape index (κ1) is 16.3. The summed E-state index contributed by atoms with van der Waals surface area (Å²) in [6.45, 7) is 7.90. The monoisotopic (exact) mass is 393 g/mol. The molecular formula is C15H28IN3O. The topological polar surface area (TPSA) is 36.9 Å². The maximum Gasteiger partial charge on any atom is 0.193 e. The Morgan fingerprint density at radius 2 is 1.95 bits per heavy atom. The van der Waals surface area contributed by atoms with Gasteiger partial charge in [-0.3, -0.25) is 4.99 Å². The Morgan fingerprint density at radius 1 is 1.25 bits per heavy atom. The molecular weight excluding hydrogens is 365 g/mol. The largest absolute Gasteiger partial charge is 0.377 e. The molecule has 0 bridgehead atoms. The molecule has 3 rings (SSSR count). The molecule has 3 atom stereocenters. The Hall–Kier alpha value is -0.0400. The fraction of sp³-hybridized carbons (Fsp3) is 0.933. The van der Waals surface area contributed by atoms with E-state index < -0.39 is 0 Å². The van der Waals surface area contributed by atoms with Crippen LogP contribution in [0.3, 0.4) is 0 Å². The molecule has 0 amide bonds. The first-order chi connectivity index (χ1) is 9.14. The molecule has 0 aromatic rings. The number of rotatable bonds is 1. The molecule has 1 N–H and O–H groups in total. The Bertz CT molecular complexity index is 366. The summed E-state index contributed by atoms with van der Waals surface area (Å²) in [6.07, 6.45) is 5.53. The van der Waals surface area contributed by atoms with Crippen LogP contribution in [-0.2, 0) is 4.74 Å². The molecule has 20 heavy (non-hydrogen) atoms. The van der Waals surface area contributed by atoms with E-state index in [1.54, 1.807) is 0 Å². The molecule has 2 aliphatic heterocycles. The van der Waals surface area contributed by atoms with Crippen LogP contribution in [0, 0.1) is 11.3 Å². The molecule has 3 unspecified atom stereocenters. The summed E-state index contributed by atoms with van der Waals surface area (Å²) in [5.41, 5.74) is 0.223. The summed E-state index contributed by atoms with van der Waals surface area (Å²) in [5.74, 6) is 1.77. The van der Waals surface area contributed by atoms with Crippen LogP contribution in [0.1, 0.15) is 39.5 Å². The number of ether oxygens (including phenoxy) is 1. The number of nitrogens with one attached hydrogen (secondary N) is 1. The number of fused-ring (bicyclic) bond motifs is 1. The number of halogens is 1. The van der Waals surface area contributed by atoms with E-state index in [1.165, 1.54) is 25.7 Å². The number of likely N-dealkylation sites (tertiary alicyclic amines) is 1. The van der Waals surface area contributed by atoms with Crippen LogP contribution in [0.2, 0.25) is 0 Å². The van der Waals surface area contributed by atoms with Crippen LogP contribution in [0.15, 0.2) is 4.99 Å². The Morgan fingerprint density at radius 3 is 2.60 bits per heavy atom. The average molecular weight is 393 g/mol. The first-order valence-corrected chi connectivity index (χ1v) is 7.74. The van der Waals surface area contributed by atoms with Crippen LogP contribution in [0.4, 0.5) is 0 Å². The molecule has 0 radical (unpaired) electrons. The van der Waals surface area contributed by atoms with Crippen LogP contribution in [0.5, 0.6) is 0 Å². The van der Waals surface area contributed by atoms with Gasteiger partial charge in [0.05, 0.1) is 6.10 Å². The minimum atomic E-state index is 0. The van der Waals surface area contributed by atoms with Gasteiger partial charge in [-0.05, 0) is 25.7 Å². The van der Waals surface area contributed by atoms with Crippen LogP contribution in [-0.4, -0.2) is 49.7 Å². The summed E-state index contributed by atoms with van der Waals surface area (Å²) in [5, 5.41) is 3.73.